The van der Waals surface area contributed by atoms with Crippen molar-refractivity contribution in [3.05, 3.63) is 52.3 Å². The molecule has 0 radical (unpaired) electrons. The summed E-state index contributed by atoms with van der Waals surface area (Å²) in [4.78, 5) is 15.9. The van der Waals surface area contributed by atoms with Crippen LogP contribution < -0.4 is 10.1 Å². The summed E-state index contributed by atoms with van der Waals surface area (Å²) in [6.45, 7) is 0. The number of nitrogens with one attached hydrogen (secondary N) is 1. The highest BCUT2D eigenvalue weighted by Gasteiger charge is 2.09. The number of carbonyl (C=O) groups is 1. The average Bonchev–Trinajstić information content (AvgIpc) is 2.41. The van der Waals surface area contributed by atoms with Gasteiger partial charge in [0.25, 0.3) is 5.91 Å². The second-order valence-electron chi connectivity index (χ2n) is 3.65. The molecule has 2 aromatic rings. The lowest BCUT2D eigenvalue weighted by atomic mass is 10.2. The van der Waals surface area contributed by atoms with Crippen molar-refractivity contribution in [3.8, 4) is 5.75 Å². The summed E-state index contributed by atoms with van der Waals surface area (Å²) in [5, 5.41) is 3.43. The third kappa shape index (κ3) is 3.36. The van der Waals surface area contributed by atoms with Crippen LogP contribution in [0, 0.1) is 0 Å². The number of methoxy groups -OCH3 is 1. The van der Waals surface area contributed by atoms with Crippen molar-refractivity contribution in [3.63, 3.8) is 0 Å². The van der Waals surface area contributed by atoms with Crippen LogP contribution in [0.4, 0.5) is 5.69 Å². The lowest BCUT2D eigenvalue weighted by Crippen LogP contribution is -2.13. The third-order valence-electron chi connectivity index (χ3n) is 2.36. The maximum absolute atomic E-state index is 11.9. The van der Waals surface area contributed by atoms with Crippen molar-refractivity contribution < 1.29 is 9.53 Å². The molecule has 0 saturated heterocycles. The number of nitrogens with zero attached hydrogens (tertiary/aromatic N) is 1. The lowest BCUT2D eigenvalue weighted by molar-refractivity contribution is 0.102. The molecule has 0 aliphatic heterocycles. The van der Waals surface area contributed by atoms with Crippen LogP contribution in [0.15, 0.2) is 36.4 Å². The molecule has 0 aliphatic rings. The Labute approximate surface area is 120 Å². The predicted molar refractivity (Wildman–Crippen MR) is 75.2 cm³/mol. The van der Waals surface area contributed by atoms with Gasteiger partial charge in [-0.15, -0.1) is 0 Å². The topological polar surface area (TPSA) is 51.2 Å². The molecule has 6 heteroatoms. The second-order valence-corrected chi connectivity index (χ2v) is 4.44. The fraction of sp³-hybridized carbons (Fsp3) is 0.0769. The molecule has 0 fully saturated rings. The van der Waals surface area contributed by atoms with Crippen molar-refractivity contribution in [2.75, 3.05) is 12.4 Å². The Morgan fingerprint density at radius 3 is 2.74 bits per heavy atom. The summed E-state index contributed by atoms with van der Waals surface area (Å²) in [6, 6.07) is 9.78. The highest BCUT2D eigenvalue weighted by Crippen LogP contribution is 2.27. The molecule has 98 valence electrons. The number of pyridine rings is 1. The summed E-state index contributed by atoms with van der Waals surface area (Å²) in [5.74, 6) is 0.130. The Balaban J connectivity index is 2.19. The molecule has 1 amide bonds. The largest absolute Gasteiger partial charge is 0.495 e. The Morgan fingerprint density at radius 1 is 1.26 bits per heavy atom. The van der Waals surface area contributed by atoms with Crippen LogP contribution in [0.5, 0.6) is 5.75 Å². The number of carbonyl (C=O) groups excluding carboxylic acids is 1. The van der Waals surface area contributed by atoms with Crippen LogP contribution >= 0.6 is 23.2 Å². The summed E-state index contributed by atoms with van der Waals surface area (Å²) >= 11 is 11.6. The molecule has 1 aromatic carbocycles. The van der Waals surface area contributed by atoms with Crippen LogP contribution in [0.3, 0.4) is 0 Å². The molecule has 2 rings (SSSR count). The molecule has 0 saturated carbocycles. The van der Waals surface area contributed by atoms with Gasteiger partial charge >= 0.3 is 0 Å². The van der Waals surface area contributed by atoms with Crippen molar-refractivity contribution in [1.82, 2.24) is 4.98 Å². The summed E-state index contributed by atoms with van der Waals surface area (Å²) in [5.41, 5.74) is 0.800. The van der Waals surface area contributed by atoms with E-state index in [2.05, 4.69) is 10.3 Å². The van der Waals surface area contributed by atoms with E-state index in [-0.39, 0.29) is 16.8 Å². The monoisotopic (exact) mass is 296 g/mol. The van der Waals surface area contributed by atoms with Crippen LogP contribution in [-0.2, 0) is 0 Å². The summed E-state index contributed by atoms with van der Waals surface area (Å²) in [7, 11) is 1.51. The molecular formula is C13H10Cl2N2O2. The lowest BCUT2D eigenvalue weighted by Gasteiger charge is -2.08. The van der Waals surface area contributed by atoms with E-state index in [0.29, 0.717) is 16.5 Å². The number of benzene rings is 1. The van der Waals surface area contributed by atoms with Crippen LogP contribution in [0.25, 0.3) is 0 Å². The molecule has 0 aliphatic carbocycles. The number of ether oxygens (including phenoxy) is 1. The average molecular weight is 297 g/mol. The van der Waals surface area contributed by atoms with Gasteiger partial charge in [-0.1, -0.05) is 29.3 Å². The minimum atomic E-state index is -0.355. The zero-order valence-electron chi connectivity index (χ0n) is 9.98. The van der Waals surface area contributed by atoms with E-state index in [1.807, 2.05) is 0 Å². The number of aromatic nitrogens is 1. The van der Waals surface area contributed by atoms with Gasteiger partial charge in [0.15, 0.2) is 0 Å². The highest BCUT2D eigenvalue weighted by atomic mass is 35.5. The third-order valence-corrected chi connectivity index (χ3v) is 2.88. The maximum Gasteiger partial charge on any atom is 0.274 e. The quantitative estimate of drug-likeness (QED) is 0.880. The van der Waals surface area contributed by atoms with Gasteiger partial charge in [0, 0.05) is 11.8 Å². The molecule has 0 bridgehead atoms. The van der Waals surface area contributed by atoms with Gasteiger partial charge in [-0.25, -0.2) is 4.98 Å². The molecule has 1 heterocycles. The standard InChI is InChI=1S/C13H10Cl2N2O2/c1-19-11-7-8(5-6-9(11)14)16-13(18)10-3-2-4-12(15)17-10/h2-7H,1H3,(H,16,18). The van der Waals surface area contributed by atoms with Crippen molar-refractivity contribution in [1.29, 1.82) is 0 Å². The van der Waals surface area contributed by atoms with Crippen molar-refractivity contribution >= 4 is 34.8 Å². The zero-order chi connectivity index (χ0) is 13.8. The molecule has 0 spiro atoms. The SMILES string of the molecule is COc1cc(NC(=O)c2cccc(Cl)n2)ccc1Cl. The van der Waals surface area contributed by atoms with E-state index in [9.17, 15) is 4.79 Å². The minimum absolute atomic E-state index is 0.237. The van der Waals surface area contributed by atoms with Gasteiger partial charge in [0.2, 0.25) is 0 Å². The number of halogens is 2. The van der Waals surface area contributed by atoms with Crippen LogP contribution in [-0.4, -0.2) is 18.0 Å². The van der Waals surface area contributed by atoms with Crippen molar-refractivity contribution in [2.45, 2.75) is 0 Å². The highest BCUT2D eigenvalue weighted by molar-refractivity contribution is 6.32. The van der Waals surface area contributed by atoms with Gasteiger partial charge < -0.3 is 10.1 Å². The molecule has 1 N–H and O–H groups in total. The Hall–Kier alpha value is -1.78. The maximum atomic E-state index is 11.9. The molecule has 4 nitrogen and oxygen atoms in total. The van der Waals surface area contributed by atoms with Gasteiger partial charge in [-0.3, -0.25) is 4.79 Å². The first-order chi connectivity index (χ1) is 9.10. The number of rotatable bonds is 3. The van der Waals surface area contributed by atoms with Gasteiger partial charge in [0.1, 0.15) is 16.6 Å². The smallest absolute Gasteiger partial charge is 0.274 e. The first-order valence-electron chi connectivity index (χ1n) is 5.37. The number of hydrogen-bond donors (Lipinski definition) is 1. The molecule has 0 unspecified atom stereocenters. The van der Waals surface area contributed by atoms with E-state index >= 15 is 0 Å². The second kappa shape index (κ2) is 5.91. The summed E-state index contributed by atoms with van der Waals surface area (Å²) < 4.78 is 5.07. The van der Waals surface area contributed by atoms with Gasteiger partial charge in [-0.2, -0.15) is 0 Å². The van der Waals surface area contributed by atoms with Crippen molar-refractivity contribution in [2.24, 2.45) is 0 Å². The Kier molecular flexibility index (Phi) is 4.24. The normalized spacial score (nSPS) is 10.1. The first-order valence-corrected chi connectivity index (χ1v) is 6.13. The van der Waals surface area contributed by atoms with E-state index < -0.39 is 0 Å². The van der Waals surface area contributed by atoms with E-state index in [4.69, 9.17) is 27.9 Å². The molecule has 1 aromatic heterocycles. The first kappa shape index (κ1) is 13.6. The predicted octanol–water partition coefficient (Wildman–Crippen LogP) is 3.65. The Morgan fingerprint density at radius 2 is 2.05 bits per heavy atom. The fourth-order valence-electron chi connectivity index (χ4n) is 1.47. The van der Waals surface area contributed by atoms with Crippen LogP contribution in [0.1, 0.15) is 10.5 Å². The van der Waals surface area contributed by atoms with E-state index in [1.165, 1.54) is 7.11 Å². The number of amides is 1. The van der Waals surface area contributed by atoms with Crippen LogP contribution in [0.2, 0.25) is 10.2 Å². The Bertz CT molecular complexity index is 617. The van der Waals surface area contributed by atoms with Gasteiger partial charge in [-0.05, 0) is 24.3 Å². The van der Waals surface area contributed by atoms with Gasteiger partial charge in [0.05, 0.1) is 12.1 Å². The number of hydrogen-bond acceptors (Lipinski definition) is 3. The molecular weight excluding hydrogens is 287 g/mol. The molecule has 0 atom stereocenters. The molecule has 19 heavy (non-hydrogen) atoms. The van der Waals surface area contributed by atoms with E-state index in [1.54, 1.807) is 36.4 Å². The zero-order valence-corrected chi connectivity index (χ0v) is 11.5. The summed E-state index contributed by atoms with van der Waals surface area (Å²) in [6.07, 6.45) is 0. The fourth-order valence-corrected chi connectivity index (χ4v) is 1.83. The van der Waals surface area contributed by atoms with E-state index in [0.717, 1.165) is 0 Å². The minimum Gasteiger partial charge on any atom is -0.495 e. The number of anilines is 1.